The van der Waals surface area contributed by atoms with Gasteiger partial charge in [-0.05, 0) is 131 Å². The van der Waals surface area contributed by atoms with Crippen molar-refractivity contribution >= 4 is 67.4 Å². The van der Waals surface area contributed by atoms with E-state index in [4.69, 9.17) is 0 Å². The second kappa shape index (κ2) is 13.7. The minimum atomic E-state index is -0.0695. The van der Waals surface area contributed by atoms with Gasteiger partial charge in [-0.15, -0.1) is 0 Å². The average molecular weight is 809 g/mol. The predicted octanol–water partition coefficient (Wildman–Crippen LogP) is 15.0. The number of benzene rings is 9. The van der Waals surface area contributed by atoms with Crippen LogP contribution < -0.4 is 15.8 Å². The van der Waals surface area contributed by atoms with E-state index in [2.05, 4.69) is 239 Å². The van der Waals surface area contributed by atoms with E-state index < -0.39 is 0 Å². The fourth-order valence-corrected chi connectivity index (χ4v) is 10.6. The Balaban J connectivity index is 1.22. The van der Waals surface area contributed by atoms with Gasteiger partial charge in [0.05, 0.1) is 0 Å². The van der Waals surface area contributed by atoms with Gasteiger partial charge in [0.25, 0.3) is 0 Å². The van der Waals surface area contributed by atoms with Gasteiger partial charge in [-0.2, -0.15) is 0 Å². The SMILES string of the molecule is CC(C)(C)c1ccc(-c2cc3c4c(c2)N(c2ccc(-c5ccccc5)cc2)c2ccc(-c5ccccc5)cc2B4n2c4ccc5ccccc5c4c4cc(C(C)(C)C)cc-3c42)cc1. The van der Waals surface area contributed by atoms with E-state index in [0.29, 0.717) is 0 Å². The second-order valence-corrected chi connectivity index (χ2v) is 19.8. The molecule has 63 heavy (non-hydrogen) atoms. The number of hydrogen-bond donors (Lipinski definition) is 0. The first-order valence-corrected chi connectivity index (χ1v) is 22.5. The maximum atomic E-state index is 2.71. The molecule has 12 rings (SSSR count). The number of rotatable bonds is 4. The third-order valence-electron chi connectivity index (χ3n) is 13.9. The lowest BCUT2D eigenvalue weighted by Gasteiger charge is -2.41. The van der Waals surface area contributed by atoms with Gasteiger partial charge in [0, 0.05) is 44.4 Å². The molecule has 0 aliphatic carbocycles. The van der Waals surface area contributed by atoms with Crippen LogP contribution in [0.5, 0.6) is 0 Å². The van der Waals surface area contributed by atoms with Crippen LogP contribution in [0.3, 0.4) is 0 Å². The summed E-state index contributed by atoms with van der Waals surface area (Å²) in [6.45, 7) is 13.9. The van der Waals surface area contributed by atoms with Crippen LogP contribution in [0, 0.1) is 0 Å². The van der Waals surface area contributed by atoms with Crippen LogP contribution in [-0.2, 0) is 10.8 Å². The van der Waals surface area contributed by atoms with Crippen molar-refractivity contribution in [3.63, 3.8) is 0 Å². The van der Waals surface area contributed by atoms with Crippen LogP contribution in [0.4, 0.5) is 17.1 Å². The molecular weight excluding hydrogens is 759 g/mol. The van der Waals surface area contributed by atoms with E-state index in [1.54, 1.807) is 0 Å². The fourth-order valence-electron chi connectivity index (χ4n) is 10.6. The first-order chi connectivity index (χ1) is 30.5. The highest BCUT2D eigenvalue weighted by atomic mass is 15.2. The van der Waals surface area contributed by atoms with Crippen molar-refractivity contribution in [1.29, 1.82) is 0 Å². The van der Waals surface area contributed by atoms with Gasteiger partial charge < -0.3 is 9.38 Å². The highest BCUT2D eigenvalue weighted by molar-refractivity contribution is 6.90. The molecule has 0 atom stereocenters. The summed E-state index contributed by atoms with van der Waals surface area (Å²) in [7, 11) is 0. The van der Waals surface area contributed by atoms with Crippen LogP contribution in [0.25, 0.3) is 77.1 Å². The summed E-state index contributed by atoms with van der Waals surface area (Å²) in [6.07, 6.45) is 0. The van der Waals surface area contributed by atoms with Crippen molar-refractivity contribution in [2.45, 2.75) is 52.4 Å². The molecular formula is C60H49BN2. The summed E-state index contributed by atoms with van der Waals surface area (Å²) in [5.41, 5.74) is 21.4. The third kappa shape index (κ3) is 5.86. The average Bonchev–Trinajstić information content (AvgIpc) is 3.65. The third-order valence-corrected chi connectivity index (χ3v) is 13.9. The summed E-state index contributed by atoms with van der Waals surface area (Å²) in [5, 5.41) is 5.24. The Bertz CT molecular complexity index is 3440. The number of aromatic nitrogens is 1. The van der Waals surface area contributed by atoms with Gasteiger partial charge >= 0.3 is 6.85 Å². The number of nitrogens with zero attached hydrogens (tertiary/aromatic N) is 2. The monoisotopic (exact) mass is 808 g/mol. The van der Waals surface area contributed by atoms with Crippen LogP contribution in [-0.4, -0.2) is 11.3 Å². The Morgan fingerprint density at radius 2 is 1.02 bits per heavy atom. The standard InChI is InChI=1S/C60H49BN2/c1-59(2,3)45-27-21-41(22-28-45)44-33-49-50-36-46(60(4,5)6)37-51-56-48-20-14-13-19-42(48)25-32-54(56)63(58(50)51)61-52-34-43(39-17-11-8-12-18-39)26-31-53(52)62(55(35-44)57(49)61)47-29-23-40(24-30-47)38-15-9-7-10-16-38/h7-37H,1-6H3. The second-order valence-electron chi connectivity index (χ2n) is 19.8. The molecule has 0 spiro atoms. The largest absolute Gasteiger partial charge is 0.375 e. The first kappa shape index (κ1) is 37.6. The molecule has 0 amide bonds. The summed E-state index contributed by atoms with van der Waals surface area (Å²) in [4.78, 5) is 2.55. The van der Waals surface area contributed by atoms with E-state index in [1.807, 2.05) is 0 Å². The fraction of sp³-hybridized carbons (Fsp3) is 0.133. The Labute approximate surface area is 371 Å². The normalized spacial score (nSPS) is 13.2. The molecule has 0 unspecified atom stereocenters. The zero-order valence-electron chi connectivity index (χ0n) is 36.9. The topological polar surface area (TPSA) is 8.17 Å². The predicted molar refractivity (Wildman–Crippen MR) is 271 cm³/mol. The van der Waals surface area contributed by atoms with Crippen LogP contribution in [0.2, 0.25) is 0 Å². The lowest BCUT2D eigenvalue weighted by Crippen LogP contribution is -2.56. The zero-order valence-corrected chi connectivity index (χ0v) is 36.9. The molecule has 10 aromatic rings. The molecule has 9 aromatic carbocycles. The van der Waals surface area contributed by atoms with Crippen LogP contribution in [0.1, 0.15) is 52.7 Å². The van der Waals surface area contributed by atoms with Crippen LogP contribution >= 0.6 is 0 Å². The lowest BCUT2D eigenvalue weighted by molar-refractivity contribution is 0.590. The van der Waals surface area contributed by atoms with Crippen molar-refractivity contribution in [2.24, 2.45) is 0 Å². The summed E-state index contributed by atoms with van der Waals surface area (Å²) < 4.78 is 2.71. The van der Waals surface area contributed by atoms with Crippen molar-refractivity contribution in [3.8, 4) is 44.5 Å². The van der Waals surface area contributed by atoms with Crippen LogP contribution in [0.15, 0.2) is 188 Å². The zero-order chi connectivity index (χ0) is 42.8. The van der Waals surface area contributed by atoms with Gasteiger partial charge in [-0.25, -0.2) is 0 Å². The summed E-state index contributed by atoms with van der Waals surface area (Å²) in [5.74, 6) is 0. The molecule has 1 aromatic heterocycles. The molecule has 0 saturated heterocycles. The minimum Gasteiger partial charge on any atom is -0.375 e. The minimum absolute atomic E-state index is 0.0647. The molecule has 2 aliphatic heterocycles. The quantitative estimate of drug-likeness (QED) is 0.161. The van der Waals surface area contributed by atoms with Gasteiger partial charge in [-0.3, -0.25) is 0 Å². The molecule has 0 bridgehead atoms. The van der Waals surface area contributed by atoms with Gasteiger partial charge in [0.2, 0.25) is 0 Å². The van der Waals surface area contributed by atoms with E-state index in [-0.39, 0.29) is 17.7 Å². The van der Waals surface area contributed by atoms with Gasteiger partial charge in [-0.1, -0.05) is 181 Å². The molecule has 3 heterocycles. The molecule has 0 saturated carbocycles. The number of anilines is 3. The molecule has 2 nitrogen and oxygen atoms in total. The number of fused-ring (bicyclic) bond motifs is 9. The van der Waals surface area contributed by atoms with Crippen molar-refractivity contribution in [3.05, 3.63) is 199 Å². The Hall–Kier alpha value is -7.10. The van der Waals surface area contributed by atoms with E-state index >= 15 is 0 Å². The molecule has 0 radical (unpaired) electrons. The Morgan fingerprint density at radius 3 is 1.71 bits per heavy atom. The summed E-state index contributed by atoms with van der Waals surface area (Å²) in [6, 6.07) is 71.0. The maximum absolute atomic E-state index is 2.71. The molecule has 302 valence electrons. The molecule has 0 fully saturated rings. The molecule has 3 heteroatoms. The highest BCUT2D eigenvalue weighted by Crippen LogP contribution is 2.49. The number of hydrogen-bond acceptors (Lipinski definition) is 1. The van der Waals surface area contributed by atoms with E-state index in [9.17, 15) is 0 Å². The first-order valence-electron chi connectivity index (χ1n) is 22.5. The Morgan fingerprint density at radius 1 is 0.413 bits per heavy atom. The van der Waals surface area contributed by atoms with Crippen molar-refractivity contribution < 1.29 is 0 Å². The highest BCUT2D eigenvalue weighted by Gasteiger charge is 2.44. The van der Waals surface area contributed by atoms with E-state index in [0.717, 1.165) is 5.69 Å². The smallest absolute Gasteiger partial charge is 0.333 e. The maximum Gasteiger partial charge on any atom is 0.333 e. The Kier molecular flexibility index (Phi) is 8.19. The lowest BCUT2D eigenvalue weighted by atomic mass is 9.44. The van der Waals surface area contributed by atoms with Crippen molar-refractivity contribution in [2.75, 3.05) is 4.90 Å². The molecule has 0 N–H and O–H groups in total. The molecule has 2 aliphatic rings. The van der Waals surface area contributed by atoms with Crippen molar-refractivity contribution in [1.82, 2.24) is 4.48 Å². The van der Waals surface area contributed by atoms with Gasteiger partial charge in [0.1, 0.15) is 0 Å². The van der Waals surface area contributed by atoms with Gasteiger partial charge in [0.15, 0.2) is 0 Å². The summed E-state index contributed by atoms with van der Waals surface area (Å²) >= 11 is 0. The van der Waals surface area contributed by atoms with E-state index in [1.165, 1.54) is 111 Å².